The van der Waals surface area contributed by atoms with Gasteiger partial charge in [-0.15, -0.1) is 0 Å². The first-order valence-corrected chi connectivity index (χ1v) is 5.93. The van der Waals surface area contributed by atoms with E-state index in [-0.39, 0.29) is 32.5 Å². The van der Waals surface area contributed by atoms with Crippen LogP contribution in [0, 0.1) is 5.41 Å². The molecule has 0 saturated heterocycles. The number of aliphatic hydroxyl groups is 3. The maximum Gasteiger partial charge on any atom is 0.235 e. The highest BCUT2D eigenvalue weighted by Crippen LogP contribution is 2.48. The summed E-state index contributed by atoms with van der Waals surface area (Å²) in [5.74, 6) is 0. The lowest BCUT2D eigenvalue weighted by atomic mass is 9.60. The molecule has 2 unspecified atom stereocenters. The summed E-state index contributed by atoms with van der Waals surface area (Å²) in [4.78, 5) is 28.4. The van der Waals surface area contributed by atoms with Gasteiger partial charge in [0.1, 0.15) is 0 Å². The van der Waals surface area contributed by atoms with E-state index in [1.165, 1.54) is 12.2 Å². The van der Waals surface area contributed by atoms with Crippen LogP contribution in [0.15, 0.2) is 9.98 Å². The monoisotopic (exact) mass is 270 g/mol. The topological polar surface area (TPSA) is 120 Å². The molecule has 1 rings (SSSR count). The van der Waals surface area contributed by atoms with Gasteiger partial charge >= 0.3 is 0 Å². The molecule has 0 spiro atoms. The highest BCUT2D eigenvalue weighted by Gasteiger charge is 2.53. The van der Waals surface area contributed by atoms with Gasteiger partial charge in [-0.1, -0.05) is 0 Å². The van der Waals surface area contributed by atoms with E-state index in [0.717, 1.165) is 0 Å². The van der Waals surface area contributed by atoms with E-state index in [1.807, 2.05) is 0 Å². The minimum Gasteiger partial charge on any atom is -0.396 e. The Bertz CT molecular complexity index is 424. The van der Waals surface area contributed by atoms with E-state index in [0.29, 0.717) is 0 Å². The van der Waals surface area contributed by atoms with Crippen LogP contribution in [0.4, 0.5) is 0 Å². The van der Waals surface area contributed by atoms with Gasteiger partial charge in [0, 0.05) is 11.8 Å². The van der Waals surface area contributed by atoms with Crippen molar-refractivity contribution in [2.24, 2.45) is 15.4 Å². The zero-order chi connectivity index (χ0) is 14.6. The van der Waals surface area contributed by atoms with Gasteiger partial charge < -0.3 is 15.3 Å². The van der Waals surface area contributed by atoms with Gasteiger partial charge in [0.2, 0.25) is 12.2 Å². The van der Waals surface area contributed by atoms with Gasteiger partial charge in [-0.2, -0.15) is 9.98 Å². The molecule has 1 aliphatic carbocycles. The third kappa shape index (κ3) is 3.15. The SMILES string of the molecule is CC1(N=C=O)CC(CO)(CO)CC(CO)(N=C=O)C1. The molecule has 0 radical (unpaired) electrons. The molecular formula is C12H18N2O5. The molecule has 2 atom stereocenters. The van der Waals surface area contributed by atoms with E-state index in [2.05, 4.69) is 9.98 Å². The average Bonchev–Trinajstić information content (AvgIpc) is 2.38. The number of rotatable bonds is 5. The van der Waals surface area contributed by atoms with Gasteiger partial charge in [0.15, 0.2) is 0 Å². The Morgan fingerprint density at radius 2 is 1.53 bits per heavy atom. The summed E-state index contributed by atoms with van der Waals surface area (Å²) in [6.07, 6.45) is 3.40. The summed E-state index contributed by atoms with van der Waals surface area (Å²) < 4.78 is 0. The number of nitrogens with zero attached hydrogens (tertiary/aromatic N) is 2. The van der Waals surface area contributed by atoms with Crippen molar-refractivity contribution in [3.63, 3.8) is 0 Å². The average molecular weight is 270 g/mol. The van der Waals surface area contributed by atoms with E-state index < -0.39 is 23.1 Å². The van der Waals surface area contributed by atoms with Crippen molar-refractivity contribution in [1.82, 2.24) is 0 Å². The van der Waals surface area contributed by atoms with Crippen molar-refractivity contribution in [3.8, 4) is 0 Å². The number of aliphatic imine (C=N–C) groups is 2. The van der Waals surface area contributed by atoms with Crippen LogP contribution in [0.25, 0.3) is 0 Å². The molecule has 1 saturated carbocycles. The van der Waals surface area contributed by atoms with Crippen LogP contribution < -0.4 is 0 Å². The molecule has 0 heterocycles. The fourth-order valence-electron chi connectivity index (χ4n) is 3.19. The van der Waals surface area contributed by atoms with Crippen LogP contribution in [0.5, 0.6) is 0 Å². The van der Waals surface area contributed by atoms with Gasteiger partial charge in [0.25, 0.3) is 0 Å². The summed E-state index contributed by atoms with van der Waals surface area (Å²) in [6, 6.07) is 0. The zero-order valence-corrected chi connectivity index (χ0v) is 10.8. The quantitative estimate of drug-likeness (QED) is 0.451. The lowest BCUT2D eigenvalue weighted by Crippen LogP contribution is -2.54. The highest BCUT2D eigenvalue weighted by molar-refractivity contribution is 5.37. The van der Waals surface area contributed by atoms with Crippen molar-refractivity contribution >= 4 is 12.2 Å². The van der Waals surface area contributed by atoms with E-state index >= 15 is 0 Å². The first-order valence-electron chi connectivity index (χ1n) is 5.93. The largest absolute Gasteiger partial charge is 0.396 e. The summed E-state index contributed by atoms with van der Waals surface area (Å²) in [6.45, 7) is 0.475. The molecule has 0 aromatic rings. The second-order valence-electron chi connectivity index (χ2n) is 5.63. The molecule has 1 fully saturated rings. The molecule has 0 amide bonds. The minimum absolute atomic E-state index is 0.128. The predicted molar refractivity (Wildman–Crippen MR) is 64.9 cm³/mol. The molecule has 19 heavy (non-hydrogen) atoms. The van der Waals surface area contributed by atoms with Crippen molar-refractivity contribution in [2.75, 3.05) is 19.8 Å². The first-order chi connectivity index (χ1) is 8.92. The Balaban J connectivity index is 3.29. The smallest absolute Gasteiger partial charge is 0.235 e. The summed E-state index contributed by atoms with van der Waals surface area (Å²) in [7, 11) is 0. The number of isocyanates is 2. The Labute approximate surface area is 110 Å². The molecule has 7 heteroatoms. The van der Waals surface area contributed by atoms with Crippen LogP contribution in [0.1, 0.15) is 26.2 Å². The Morgan fingerprint density at radius 1 is 0.947 bits per heavy atom. The molecule has 7 nitrogen and oxygen atoms in total. The Morgan fingerprint density at radius 3 is 1.95 bits per heavy atom. The normalized spacial score (nSPS) is 33.1. The predicted octanol–water partition coefficient (Wildman–Crippen LogP) is -0.697. The second-order valence-corrected chi connectivity index (χ2v) is 5.63. The molecule has 1 aliphatic rings. The van der Waals surface area contributed by atoms with Crippen molar-refractivity contribution in [1.29, 1.82) is 0 Å². The molecule has 106 valence electrons. The van der Waals surface area contributed by atoms with Gasteiger partial charge in [-0.05, 0) is 19.8 Å². The summed E-state index contributed by atoms with van der Waals surface area (Å²) >= 11 is 0. The molecular weight excluding hydrogens is 252 g/mol. The fourth-order valence-corrected chi connectivity index (χ4v) is 3.19. The zero-order valence-electron chi connectivity index (χ0n) is 10.8. The van der Waals surface area contributed by atoms with Crippen molar-refractivity contribution in [2.45, 2.75) is 37.3 Å². The third-order valence-electron chi connectivity index (χ3n) is 3.73. The lowest BCUT2D eigenvalue weighted by molar-refractivity contribution is -0.0404. The van der Waals surface area contributed by atoms with Crippen LogP contribution in [0.2, 0.25) is 0 Å². The van der Waals surface area contributed by atoms with Crippen LogP contribution in [0.3, 0.4) is 0 Å². The van der Waals surface area contributed by atoms with Crippen molar-refractivity contribution in [3.05, 3.63) is 0 Å². The standard InChI is InChI=1S/C12H18N2O5/c1-10(13-8-18)2-11(5-15,6-16)4-12(3-10,7-17)14-9-19/h15-17H,2-7H2,1H3. The molecule has 0 aliphatic heterocycles. The van der Waals surface area contributed by atoms with E-state index in [1.54, 1.807) is 6.92 Å². The lowest BCUT2D eigenvalue weighted by Gasteiger charge is -2.49. The Hall–Kier alpha value is -1.36. The van der Waals surface area contributed by atoms with Crippen LogP contribution >= 0.6 is 0 Å². The van der Waals surface area contributed by atoms with Gasteiger partial charge in [-0.25, -0.2) is 9.59 Å². The van der Waals surface area contributed by atoms with Crippen molar-refractivity contribution < 1.29 is 24.9 Å². The first kappa shape index (κ1) is 15.7. The Kier molecular flexibility index (Phi) is 4.74. The van der Waals surface area contributed by atoms with Crippen LogP contribution in [-0.4, -0.2) is 58.4 Å². The van der Waals surface area contributed by atoms with E-state index in [9.17, 15) is 24.9 Å². The summed E-state index contributed by atoms with van der Waals surface area (Å²) in [5.41, 5.74) is -3.11. The fraction of sp³-hybridized carbons (Fsp3) is 0.833. The maximum atomic E-state index is 10.6. The molecule has 0 aromatic carbocycles. The number of hydrogen-bond acceptors (Lipinski definition) is 7. The molecule has 0 aromatic heterocycles. The maximum absolute atomic E-state index is 10.6. The number of carbonyl (C=O) groups excluding carboxylic acids is 2. The van der Waals surface area contributed by atoms with Crippen LogP contribution in [-0.2, 0) is 9.59 Å². The third-order valence-corrected chi connectivity index (χ3v) is 3.73. The number of hydrogen-bond donors (Lipinski definition) is 3. The van der Waals surface area contributed by atoms with Gasteiger partial charge in [-0.3, -0.25) is 0 Å². The molecule has 3 N–H and O–H groups in total. The summed E-state index contributed by atoms with van der Waals surface area (Å²) in [5, 5.41) is 28.6. The minimum atomic E-state index is -1.19. The van der Waals surface area contributed by atoms with Gasteiger partial charge in [0.05, 0.1) is 30.9 Å². The molecule has 0 bridgehead atoms. The second kappa shape index (κ2) is 5.74. The number of aliphatic hydroxyl groups excluding tert-OH is 3. The van der Waals surface area contributed by atoms with E-state index in [4.69, 9.17) is 0 Å². The highest BCUT2D eigenvalue weighted by atomic mass is 16.3.